The quantitative estimate of drug-likeness (QED) is 0.809. The van der Waals surface area contributed by atoms with E-state index >= 15 is 0 Å². The van der Waals surface area contributed by atoms with Gasteiger partial charge in [-0.25, -0.2) is 13.1 Å². The molecule has 0 bridgehead atoms. The maximum absolute atomic E-state index is 12.4. The van der Waals surface area contributed by atoms with Crippen LogP contribution in [0.2, 0.25) is 10.0 Å². The van der Waals surface area contributed by atoms with Gasteiger partial charge in [0.05, 0.1) is 10.7 Å². The zero-order chi connectivity index (χ0) is 15.0. The maximum Gasteiger partial charge on any atom is 0.244 e. The van der Waals surface area contributed by atoms with Crippen molar-refractivity contribution < 1.29 is 8.42 Å². The molecule has 1 aliphatic rings. The Kier molecular flexibility index (Phi) is 4.54. The normalized spacial score (nSPS) is 17.8. The number of nitrogen functional groups attached to an aromatic ring is 1. The molecular weight excluding hydrogens is 319 g/mol. The number of nitrogens with one attached hydrogen (secondary N) is 1. The molecule has 1 saturated carbocycles. The first-order chi connectivity index (χ1) is 9.30. The van der Waals surface area contributed by atoms with Gasteiger partial charge in [-0.15, -0.1) is 0 Å². The number of hydrogen-bond donors (Lipinski definition) is 2. The van der Waals surface area contributed by atoms with Crippen LogP contribution in [0.25, 0.3) is 0 Å². The van der Waals surface area contributed by atoms with Crippen molar-refractivity contribution in [1.29, 1.82) is 0 Å². The summed E-state index contributed by atoms with van der Waals surface area (Å²) in [7, 11) is -3.72. The van der Waals surface area contributed by atoms with Crippen molar-refractivity contribution >= 4 is 38.9 Å². The molecule has 1 aliphatic carbocycles. The largest absolute Gasteiger partial charge is 0.398 e. The van der Waals surface area contributed by atoms with Gasteiger partial charge in [-0.05, 0) is 36.8 Å². The molecule has 112 valence electrons. The summed E-state index contributed by atoms with van der Waals surface area (Å²) in [5.74, 6) is 0. The molecule has 2 rings (SSSR count). The minimum Gasteiger partial charge on any atom is -0.398 e. The van der Waals surface area contributed by atoms with E-state index in [4.69, 9.17) is 28.9 Å². The van der Waals surface area contributed by atoms with Gasteiger partial charge in [0.25, 0.3) is 0 Å². The highest BCUT2D eigenvalue weighted by Crippen LogP contribution is 2.43. The molecule has 4 nitrogen and oxygen atoms in total. The van der Waals surface area contributed by atoms with E-state index in [2.05, 4.69) is 11.6 Å². The zero-order valence-corrected chi connectivity index (χ0v) is 13.6. The lowest BCUT2D eigenvalue weighted by Crippen LogP contribution is -2.41. The molecule has 0 saturated heterocycles. The summed E-state index contributed by atoms with van der Waals surface area (Å²) in [6.07, 6.45) is 4.21. The fourth-order valence-electron chi connectivity index (χ4n) is 2.52. The van der Waals surface area contributed by atoms with Gasteiger partial charge in [0, 0.05) is 11.6 Å². The lowest BCUT2D eigenvalue weighted by atomic mass is 9.67. The number of benzene rings is 1. The molecule has 0 aromatic heterocycles. The first kappa shape index (κ1) is 15.9. The lowest BCUT2D eigenvalue weighted by Gasteiger charge is -2.41. The Morgan fingerprint density at radius 2 is 2.00 bits per heavy atom. The van der Waals surface area contributed by atoms with Crippen LogP contribution in [0.1, 0.15) is 32.6 Å². The second-order valence-electron chi connectivity index (χ2n) is 5.34. The van der Waals surface area contributed by atoms with E-state index in [1.807, 2.05) is 0 Å². The third-order valence-corrected chi connectivity index (χ3v) is 6.25. The Morgan fingerprint density at radius 1 is 1.35 bits per heavy atom. The van der Waals surface area contributed by atoms with Crippen molar-refractivity contribution in [2.75, 3.05) is 12.3 Å². The van der Waals surface area contributed by atoms with E-state index in [-0.39, 0.29) is 21.0 Å². The number of nitrogens with two attached hydrogens (primary N) is 1. The van der Waals surface area contributed by atoms with Gasteiger partial charge in [-0.3, -0.25) is 0 Å². The molecule has 3 N–H and O–H groups in total. The predicted molar refractivity (Wildman–Crippen MR) is 82.6 cm³/mol. The molecule has 1 aromatic carbocycles. The maximum atomic E-state index is 12.4. The van der Waals surface area contributed by atoms with Gasteiger partial charge in [0.2, 0.25) is 10.0 Å². The summed E-state index contributed by atoms with van der Waals surface area (Å²) in [4.78, 5) is -0.0888. The van der Waals surface area contributed by atoms with Crippen LogP contribution in [0, 0.1) is 5.41 Å². The molecule has 0 heterocycles. The summed E-state index contributed by atoms with van der Waals surface area (Å²) < 4.78 is 27.4. The minimum absolute atomic E-state index is 0.0432. The van der Waals surface area contributed by atoms with E-state index in [1.54, 1.807) is 0 Å². The van der Waals surface area contributed by atoms with Crippen LogP contribution in [0.15, 0.2) is 17.0 Å². The Balaban J connectivity index is 2.23. The minimum atomic E-state index is -3.72. The van der Waals surface area contributed by atoms with Crippen LogP contribution in [-0.4, -0.2) is 15.0 Å². The topological polar surface area (TPSA) is 72.2 Å². The van der Waals surface area contributed by atoms with Crippen molar-refractivity contribution in [3.8, 4) is 0 Å². The van der Waals surface area contributed by atoms with Crippen LogP contribution in [-0.2, 0) is 10.0 Å². The van der Waals surface area contributed by atoms with Gasteiger partial charge in [0.1, 0.15) is 4.90 Å². The average molecular weight is 337 g/mol. The summed E-state index contributed by atoms with van der Waals surface area (Å²) in [6.45, 7) is 2.50. The Morgan fingerprint density at radius 3 is 2.45 bits per heavy atom. The molecular formula is C13H18Cl2N2O2S. The molecule has 0 atom stereocenters. The summed E-state index contributed by atoms with van der Waals surface area (Å²) in [5, 5.41) is 0.358. The van der Waals surface area contributed by atoms with Crippen LogP contribution in [0.4, 0.5) is 5.69 Å². The number of rotatable bonds is 5. The van der Waals surface area contributed by atoms with Gasteiger partial charge in [-0.2, -0.15) is 0 Å². The van der Waals surface area contributed by atoms with Crippen LogP contribution >= 0.6 is 23.2 Å². The van der Waals surface area contributed by atoms with Crippen LogP contribution < -0.4 is 10.5 Å². The van der Waals surface area contributed by atoms with Crippen molar-refractivity contribution in [2.45, 2.75) is 37.5 Å². The number of sulfonamides is 1. The second-order valence-corrected chi connectivity index (χ2v) is 7.89. The molecule has 0 aliphatic heterocycles. The molecule has 20 heavy (non-hydrogen) atoms. The first-order valence-electron chi connectivity index (χ1n) is 6.54. The fourth-order valence-corrected chi connectivity index (χ4v) is 4.66. The SMILES string of the molecule is CCC1(CNS(=O)(=O)c2c(N)cc(Cl)cc2Cl)CCC1. The number of hydrogen-bond acceptors (Lipinski definition) is 3. The Labute approximate surface area is 129 Å². The fraction of sp³-hybridized carbons (Fsp3) is 0.538. The van der Waals surface area contributed by atoms with E-state index in [1.165, 1.54) is 12.1 Å². The predicted octanol–water partition coefficient (Wildman–Crippen LogP) is 3.43. The smallest absolute Gasteiger partial charge is 0.244 e. The van der Waals surface area contributed by atoms with E-state index in [0.717, 1.165) is 25.7 Å². The van der Waals surface area contributed by atoms with Gasteiger partial charge in [-0.1, -0.05) is 36.5 Å². The van der Waals surface area contributed by atoms with E-state index in [0.29, 0.717) is 11.6 Å². The molecule has 7 heteroatoms. The van der Waals surface area contributed by atoms with Crippen molar-refractivity contribution in [2.24, 2.45) is 5.41 Å². The van der Waals surface area contributed by atoms with Crippen molar-refractivity contribution in [3.05, 3.63) is 22.2 Å². The monoisotopic (exact) mass is 336 g/mol. The standard InChI is InChI=1S/C13H18Cl2N2O2S/c1-2-13(4-3-5-13)8-17-20(18,19)12-10(15)6-9(14)7-11(12)16/h6-7,17H,2-5,8,16H2,1H3. The van der Waals surface area contributed by atoms with Crippen molar-refractivity contribution in [1.82, 2.24) is 4.72 Å². The Hall–Kier alpha value is -0.490. The van der Waals surface area contributed by atoms with E-state index in [9.17, 15) is 8.42 Å². The van der Waals surface area contributed by atoms with Gasteiger partial charge < -0.3 is 5.73 Å². The lowest BCUT2D eigenvalue weighted by molar-refractivity contribution is 0.133. The number of anilines is 1. The van der Waals surface area contributed by atoms with Crippen LogP contribution in [0.3, 0.4) is 0 Å². The zero-order valence-electron chi connectivity index (χ0n) is 11.2. The molecule has 0 radical (unpaired) electrons. The summed E-state index contributed by atoms with van der Waals surface area (Å²) in [5.41, 5.74) is 5.89. The number of halogens is 2. The summed E-state index contributed by atoms with van der Waals surface area (Å²) >= 11 is 11.8. The molecule has 0 unspecified atom stereocenters. The highest BCUT2D eigenvalue weighted by Gasteiger charge is 2.36. The first-order valence-corrected chi connectivity index (χ1v) is 8.78. The molecule has 0 spiro atoms. The molecule has 0 amide bonds. The third kappa shape index (κ3) is 3.06. The summed E-state index contributed by atoms with van der Waals surface area (Å²) in [6, 6.07) is 2.77. The molecule has 1 aromatic rings. The highest BCUT2D eigenvalue weighted by atomic mass is 35.5. The van der Waals surface area contributed by atoms with Gasteiger partial charge in [0.15, 0.2) is 0 Å². The van der Waals surface area contributed by atoms with Crippen LogP contribution in [0.5, 0.6) is 0 Å². The molecule has 1 fully saturated rings. The highest BCUT2D eigenvalue weighted by molar-refractivity contribution is 7.89. The Bertz CT molecular complexity index is 584. The van der Waals surface area contributed by atoms with Gasteiger partial charge >= 0.3 is 0 Å². The average Bonchev–Trinajstić information content (AvgIpc) is 2.25. The third-order valence-electron chi connectivity index (χ3n) is 4.11. The van der Waals surface area contributed by atoms with E-state index < -0.39 is 10.0 Å². The van der Waals surface area contributed by atoms with Crippen molar-refractivity contribution in [3.63, 3.8) is 0 Å². The second kappa shape index (κ2) is 5.72.